The van der Waals surface area contributed by atoms with E-state index in [0.717, 1.165) is 6.42 Å². The lowest BCUT2D eigenvalue weighted by molar-refractivity contribution is 0.717. The molecule has 0 unspecified atom stereocenters. The lowest BCUT2D eigenvalue weighted by Gasteiger charge is -2.43. The van der Waals surface area contributed by atoms with Gasteiger partial charge in [-0.25, -0.2) is 0 Å². The normalized spacial score (nSPS) is 15.1. The van der Waals surface area contributed by atoms with E-state index < -0.39 is 0 Å². The molecule has 0 fully saturated rings. The molecule has 26 heavy (non-hydrogen) atoms. The Hall–Kier alpha value is -3.06. The molecule has 128 valence electrons. The Morgan fingerprint density at radius 1 is 0.808 bits per heavy atom. The molecule has 0 saturated carbocycles. The number of rotatable bonds is 4. The van der Waals surface area contributed by atoms with Crippen molar-refractivity contribution in [1.82, 2.24) is 0 Å². The third-order valence-electron chi connectivity index (χ3n) is 5.32. The van der Waals surface area contributed by atoms with Gasteiger partial charge in [0.25, 0.3) is 0 Å². The first-order chi connectivity index (χ1) is 12.8. The van der Waals surface area contributed by atoms with Crippen molar-refractivity contribution in [3.05, 3.63) is 126 Å². The summed E-state index contributed by atoms with van der Waals surface area (Å²) in [7, 11) is 0. The van der Waals surface area contributed by atoms with E-state index in [4.69, 9.17) is 0 Å². The Kier molecular flexibility index (Phi) is 4.22. The Labute approximate surface area is 155 Å². The molecule has 0 radical (unpaired) electrons. The first-order valence-electron chi connectivity index (χ1n) is 9.16. The van der Waals surface area contributed by atoms with E-state index in [9.17, 15) is 0 Å². The summed E-state index contributed by atoms with van der Waals surface area (Å²) in [4.78, 5) is 0. The fourth-order valence-electron chi connectivity index (χ4n) is 4.24. The Morgan fingerprint density at radius 2 is 1.35 bits per heavy atom. The number of anilines is 1. The summed E-state index contributed by atoms with van der Waals surface area (Å²) in [5.41, 5.74) is 7.06. The minimum Gasteiger partial charge on any atom is -0.358 e. The highest BCUT2D eigenvalue weighted by atomic mass is 14.9. The molecular weight excluding hydrogens is 314 g/mol. The zero-order chi connectivity index (χ0) is 18.0. The van der Waals surface area contributed by atoms with Crippen LogP contribution in [0, 0.1) is 0 Å². The first kappa shape index (κ1) is 16.4. The van der Waals surface area contributed by atoms with Crippen molar-refractivity contribution in [2.75, 3.05) is 5.32 Å². The minimum atomic E-state index is -0.364. The second-order valence-electron chi connectivity index (χ2n) is 6.60. The molecule has 0 aliphatic carbocycles. The molecule has 0 aromatic heterocycles. The smallest absolute Gasteiger partial charge is 0.0738 e. The second-order valence-corrected chi connectivity index (χ2v) is 6.60. The van der Waals surface area contributed by atoms with Crippen LogP contribution in [0.5, 0.6) is 0 Å². The van der Waals surface area contributed by atoms with Crippen LogP contribution in [0.1, 0.15) is 30.0 Å². The maximum atomic E-state index is 4.20. The van der Waals surface area contributed by atoms with Crippen molar-refractivity contribution in [2.45, 2.75) is 18.8 Å². The minimum absolute atomic E-state index is 0.364. The van der Waals surface area contributed by atoms with E-state index in [1.165, 1.54) is 33.6 Å². The molecule has 1 aliphatic heterocycles. The SMILES string of the molecule is C=CC1=C(CC)Nc2ccccc2C1(c1ccccc1)c1ccccc1. The fourth-order valence-corrected chi connectivity index (χ4v) is 4.24. The molecule has 1 heterocycles. The van der Waals surface area contributed by atoms with Crippen LogP contribution in [-0.4, -0.2) is 0 Å². The first-order valence-corrected chi connectivity index (χ1v) is 9.16. The Balaban J connectivity index is 2.18. The van der Waals surface area contributed by atoms with Gasteiger partial charge < -0.3 is 5.32 Å². The van der Waals surface area contributed by atoms with Crippen molar-refractivity contribution in [1.29, 1.82) is 0 Å². The molecule has 0 bridgehead atoms. The van der Waals surface area contributed by atoms with Crippen LogP contribution >= 0.6 is 0 Å². The number of benzene rings is 3. The summed E-state index contributed by atoms with van der Waals surface area (Å²) in [5.74, 6) is 0. The highest BCUT2D eigenvalue weighted by molar-refractivity contribution is 5.75. The number of fused-ring (bicyclic) bond motifs is 1. The van der Waals surface area contributed by atoms with Crippen molar-refractivity contribution in [3.8, 4) is 0 Å². The molecule has 1 nitrogen and oxygen atoms in total. The average molecular weight is 337 g/mol. The van der Waals surface area contributed by atoms with Crippen LogP contribution in [0.15, 0.2) is 109 Å². The van der Waals surface area contributed by atoms with Crippen molar-refractivity contribution < 1.29 is 0 Å². The molecule has 1 aliphatic rings. The van der Waals surface area contributed by atoms with Crippen molar-refractivity contribution >= 4 is 5.69 Å². The molecule has 3 aromatic rings. The van der Waals surface area contributed by atoms with E-state index in [0.29, 0.717) is 0 Å². The molecule has 1 heteroatoms. The maximum Gasteiger partial charge on any atom is 0.0738 e. The number of hydrogen-bond donors (Lipinski definition) is 1. The van der Waals surface area contributed by atoms with Gasteiger partial charge >= 0.3 is 0 Å². The summed E-state index contributed by atoms with van der Waals surface area (Å²) in [6.07, 6.45) is 2.96. The summed E-state index contributed by atoms with van der Waals surface area (Å²) in [6, 6.07) is 30.2. The largest absolute Gasteiger partial charge is 0.358 e. The van der Waals surface area contributed by atoms with E-state index in [1.807, 2.05) is 6.08 Å². The quantitative estimate of drug-likeness (QED) is 0.589. The highest BCUT2D eigenvalue weighted by Crippen LogP contribution is 2.52. The van der Waals surface area contributed by atoms with Gasteiger partial charge in [-0.3, -0.25) is 0 Å². The number of para-hydroxylation sites is 1. The van der Waals surface area contributed by atoms with Gasteiger partial charge in [0.2, 0.25) is 0 Å². The van der Waals surface area contributed by atoms with Crippen LogP contribution in [0.2, 0.25) is 0 Å². The van der Waals surface area contributed by atoms with Gasteiger partial charge in [-0.15, -0.1) is 0 Å². The van der Waals surface area contributed by atoms with Gasteiger partial charge in [-0.2, -0.15) is 0 Å². The lowest BCUT2D eigenvalue weighted by atomic mass is 9.62. The second kappa shape index (κ2) is 6.68. The van der Waals surface area contributed by atoms with Gasteiger partial charge in [0.1, 0.15) is 0 Å². The summed E-state index contributed by atoms with van der Waals surface area (Å²) >= 11 is 0. The molecule has 0 amide bonds. The van der Waals surface area contributed by atoms with Crippen molar-refractivity contribution in [2.24, 2.45) is 0 Å². The Bertz CT molecular complexity index is 912. The van der Waals surface area contributed by atoms with E-state index in [1.54, 1.807) is 0 Å². The molecular formula is C25H23N. The zero-order valence-electron chi connectivity index (χ0n) is 15.1. The predicted molar refractivity (Wildman–Crippen MR) is 110 cm³/mol. The van der Waals surface area contributed by atoms with Gasteiger partial charge in [-0.05, 0) is 34.8 Å². The third kappa shape index (κ3) is 2.32. The summed E-state index contributed by atoms with van der Waals surface area (Å²) in [6.45, 7) is 6.40. The van der Waals surface area contributed by atoms with Crippen LogP contribution < -0.4 is 5.32 Å². The lowest BCUT2D eigenvalue weighted by Crippen LogP contribution is -2.36. The van der Waals surface area contributed by atoms with Crippen LogP contribution in [-0.2, 0) is 5.41 Å². The van der Waals surface area contributed by atoms with Crippen molar-refractivity contribution in [3.63, 3.8) is 0 Å². The number of hydrogen-bond acceptors (Lipinski definition) is 1. The maximum absolute atomic E-state index is 4.20. The average Bonchev–Trinajstić information content (AvgIpc) is 2.73. The topological polar surface area (TPSA) is 12.0 Å². The van der Waals surface area contributed by atoms with E-state index in [-0.39, 0.29) is 5.41 Å². The highest BCUT2D eigenvalue weighted by Gasteiger charge is 2.43. The van der Waals surface area contributed by atoms with Crippen LogP contribution in [0.25, 0.3) is 0 Å². The van der Waals surface area contributed by atoms with E-state index in [2.05, 4.69) is 104 Å². The van der Waals surface area contributed by atoms with Gasteiger partial charge in [0, 0.05) is 11.4 Å². The number of nitrogens with one attached hydrogen (secondary N) is 1. The van der Waals surface area contributed by atoms with Gasteiger partial charge in [0.15, 0.2) is 0 Å². The standard InChI is InChI=1S/C25H23N/c1-3-21-23(4-2)26-24-18-12-11-17-22(24)25(21,19-13-7-5-8-14-19)20-15-9-6-10-16-20/h3,5-18,26H,1,4H2,2H3. The van der Waals surface area contributed by atoms with Crippen LogP contribution in [0.3, 0.4) is 0 Å². The van der Waals surface area contributed by atoms with Gasteiger partial charge in [0.05, 0.1) is 5.41 Å². The van der Waals surface area contributed by atoms with E-state index >= 15 is 0 Å². The third-order valence-corrected chi connectivity index (χ3v) is 5.32. The molecule has 3 aromatic carbocycles. The molecule has 0 atom stereocenters. The monoisotopic (exact) mass is 337 g/mol. The van der Waals surface area contributed by atoms with Gasteiger partial charge in [-0.1, -0.05) is 98.4 Å². The fraction of sp³-hybridized carbons (Fsp3) is 0.120. The molecule has 0 spiro atoms. The summed E-state index contributed by atoms with van der Waals surface area (Å²) in [5, 5.41) is 3.65. The molecule has 4 rings (SSSR count). The zero-order valence-corrected chi connectivity index (χ0v) is 15.1. The molecule has 0 saturated heterocycles. The predicted octanol–water partition coefficient (Wildman–Crippen LogP) is 6.30. The summed E-state index contributed by atoms with van der Waals surface area (Å²) < 4.78 is 0. The van der Waals surface area contributed by atoms with Crippen LogP contribution in [0.4, 0.5) is 5.69 Å². The Morgan fingerprint density at radius 3 is 1.88 bits per heavy atom. The molecule has 1 N–H and O–H groups in total. The number of allylic oxidation sites excluding steroid dienone is 3.